The molecule has 1 aliphatic heterocycles. The highest BCUT2D eigenvalue weighted by atomic mass is 19.1. The van der Waals surface area contributed by atoms with Crippen molar-refractivity contribution in [3.8, 4) is 11.1 Å². The first-order valence-electron chi connectivity index (χ1n) is 8.92. The van der Waals surface area contributed by atoms with E-state index in [4.69, 9.17) is 0 Å². The zero-order valence-electron chi connectivity index (χ0n) is 14.8. The van der Waals surface area contributed by atoms with Crippen LogP contribution in [-0.4, -0.2) is 20.7 Å². The minimum absolute atomic E-state index is 0.115. The van der Waals surface area contributed by atoms with Gasteiger partial charge in [0, 0.05) is 23.5 Å². The molecule has 0 aliphatic carbocycles. The van der Waals surface area contributed by atoms with Gasteiger partial charge in [-0.15, -0.1) is 0 Å². The number of nitrogens with zero attached hydrogens (tertiary/aromatic N) is 4. The zero-order valence-corrected chi connectivity index (χ0v) is 14.8. The lowest BCUT2D eigenvalue weighted by molar-refractivity contribution is 0.599. The van der Waals surface area contributed by atoms with Crippen LogP contribution in [0.1, 0.15) is 16.7 Å². The van der Waals surface area contributed by atoms with Crippen LogP contribution in [0.3, 0.4) is 0 Å². The molecule has 5 rings (SSSR count). The normalized spacial score (nSPS) is 12.5. The second-order valence-corrected chi connectivity index (χ2v) is 6.68. The highest BCUT2D eigenvalue weighted by Gasteiger charge is 2.14. The van der Waals surface area contributed by atoms with Gasteiger partial charge in [-0.1, -0.05) is 30.3 Å². The number of rotatable bonds is 3. The van der Waals surface area contributed by atoms with Crippen molar-refractivity contribution >= 4 is 17.4 Å². The van der Waals surface area contributed by atoms with E-state index in [-0.39, 0.29) is 17.9 Å². The lowest BCUT2D eigenvalue weighted by atomic mass is 9.96. The monoisotopic (exact) mass is 370 g/mol. The van der Waals surface area contributed by atoms with Crippen molar-refractivity contribution in [2.24, 2.45) is 4.99 Å². The number of fused-ring (bicyclic) bond motifs is 2. The second kappa shape index (κ2) is 6.49. The van der Waals surface area contributed by atoms with Gasteiger partial charge in [0.2, 0.25) is 0 Å². The average Bonchev–Trinajstić information content (AvgIpc) is 3.20. The quantitative estimate of drug-likeness (QED) is 0.554. The van der Waals surface area contributed by atoms with Crippen molar-refractivity contribution in [3.63, 3.8) is 0 Å². The molecule has 2 aromatic carbocycles. The van der Waals surface area contributed by atoms with Crippen molar-refractivity contribution < 1.29 is 4.39 Å². The van der Waals surface area contributed by atoms with Crippen LogP contribution in [0, 0.1) is 5.82 Å². The minimum Gasteiger partial charge on any atom is -0.299 e. The first-order valence-corrected chi connectivity index (χ1v) is 8.92. The molecule has 0 spiro atoms. The highest BCUT2D eigenvalue weighted by molar-refractivity contribution is 5.94. The SMILES string of the molecule is O=c1cnc2ncccc2n1Cc1ccc(-c2cccc3c2C=NC3)cc1F. The number of hydrogen-bond donors (Lipinski definition) is 0. The molecule has 0 radical (unpaired) electrons. The van der Waals surface area contributed by atoms with Gasteiger partial charge in [-0.25, -0.2) is 14.4 Å². The molecule has 28 heavy (non-hydrogen) atoms. The summed E-state index contributed by atoms with van der Waals surface area (Å²) in [6.07, 6.45) is 4.67. The Balaban J connectivity index is 1.56. The van der Waals surface area contributed by atoms with E-state index in [9.17, 15) is 9.18 Å². The summed E-state index contributed by atoms with van der Waals surface area (Å²) in [7, 11) is 0. The molecule has 0 unspecified atom stereocenters. The van der Waals surface area contributed by atoms with Crippen molar-refractivity contribution in [3.05, 3.63) is 93.8 Å². The van der Waals surface area contributed by atoms with Crippen molar-refractivity contribution in [1.82, 2.24) is 14.5 Å². The van der Waals surface area contributed by atoms with E-state index in [1.165, 1.54) is 16.8 Å². The largest absolute Gasteiger partial charge is 0.299 e. The number of hydrogen-bond acceptors (Lipinski definition) is 4. The van der Waals surface area contributed by atoms with Crippen LogP contribution in [0.25, 0.3) is 22.3 Å². The van der Waals surface area contributed by atoms with Gasteiger partial charge in [-0.2, -0.15) is 0 Å². The van der Waals surface area contributed by atoms with Crippen molar-refractivity contribution in [2.75, 3.05) is 0 Å². The van der Waals surface area contributed by atoms with E-state index in [1.54, 1.807) is 24.4 Å². The molecule has 3 heterocycles. The summed E-state index contributed by atoms with van der Waals surface area (Å²) in [4.78, 5) is 24.8. The zero-order chi connectivity index (χ0) is 19.1. The Morgan fingerprint density at radius 3 is 2.89 bits per heavy atom. The molecule has 136 valence electrons. The summed E-state index contributed by atoms with van der Waals surface area (Å²) < 4.78 is 16.4. The molecule has 4 aromatic rings. The molecule has 5 nitrogen and oxygen atoms in total. The lowest BCUT2D eigenvalue weighted by Gasteiger charge is -2.12. The Hall–Kier alpha value is -3.67. The Labute approximate surface area is 159 Å². The molecule has 2 aromatic heterocycles. The fraction of sp³-hybridized carbons (Fsp3) is 0.0909. The fourth-order valence-electron chi connectivity index (χ4n) is 3.57. The summed E-state index contributed by atoms with van der Waals surface area (Å²) in [6.45, 7) is 0.778. The average molecular weight is 370 g/mol. The van der Waals surface area contributed by atoms with E-state index < -0.39 is 0 Å². The van der Waals surface area contributed by atoms with Crippen LogP contribution < -0.4 is 5.56 Å². The molecular weight excluding hydrogens is 355 g/mol. The smallest absolute Gasteiger partial charge is 0.269 e. The number of pyridine rings is 1. The Bertz CT molecular complexity index is 1310. The van der Waals surface area contributed by atoms with E-state index in [2.05, 4.69) is 15.0 Å². The first-order chi connectivity index (χ1) is 13.7. The van der Waals surface area contributed by atoms with Gasteiger partial charge in [0.1, 0.15) is 5.82 Å². The van der Waals surface area contributed by atoms with Gasteiger partial charge >= 0.3 is 0 Å². The van der Waals surface area contributed by atoms with Crippen LogP contribution >= 0.6 is 0 Å². The number of benzene rings is 2. The maximum absolute atomic E-state index is 14.9. The first kappa shape index (κ1) is 16.5. The molecule has 0 saturated heterocycles. The molecule has 6 heteroatoms. The van der Waals surface area contributed by atoms with Crippen molar-refractivity contribution in [1.29, 1.82) is 0 Å². The predicted octanol–water partition coefficient (Wildman–Crippen LogP) is 3.58. The summed E-state index contributed by atoms with van der Waals surface area (Å²) in [5, 5.41) is 0. The highest BCUT2D eigenvalue weighted by Crippen LogP contribution is 2.29. The molecule has 0 bridgehead atoms. The van der Waals surface area contributed by atoms with Gasteiger partial charge in [-0.3, -0.25) is 14.4 Å². The number of halogens is 1. The number of aromatic nitrogens is 3. The van der Waals surface area contributed by atoms with Gasteiger partial charge in [-0.05, 0) is 34.9 Å². The lowest BCUT2D eigenvalue weighted by Crippen LogP contribution is -2.21. The molecule has 0 saturated carbocycles. The standard InChI is InChI=1S/C22H15FN4O/c23-19-9-14(17-4-1-3-15-10-24-11-18(15)17)6-7-16(19)13-27-20-5-2-8-25-22(20)26-12-21(27)28/h1-9,11-12H,10,13H2. The maximum Gasteiger partial charge on any atom is 0.269 e. The third kappa shape index (κ3) is 2.70. The molecule has 1 aliphatic rings. The Kier molecular flexibility index (Phi) is 3.83. The molecule has 0 amide bonds. The maximum atomic E-state index is 14.9. The third-order valence-corrected chi connectivity index (χ3v) is 4.99. The van der Waals surface area contributed by atoms with Crippen LogP contribution in [0.2, 0.25) is 0 Å². The number of aliphatic imine (C=N–C) groups is 1. The van der Waals surface area contributed by atoms with Crippen LogP contribution in [0.5, 0.6) is 0 Å². The van der Waals surface area contributed by atoms with Crippen LogP contribution in [0.15, 0.2) is 70.7 Å². The van der Waals surface area contributed by atoms with Gasteiger partial charge in [0.25, 0.3) is 5.56 Å². The van der Waals surface area contributed by atoms with Gasteiger partial charge < -0.3 is 0 Å². The van der Waals surface area contributed by atoms with E-state index in [1.807, 2.05) is 30.5 Å². The van der Waals surface area contributed by atoms with E-state index in [0.29, 0.717) is 23.3 Å². The second-order valence-electron chi connectivity index (χ2n) is 6.68. The van der Waals surface area contributed by atoms with E-state index in [0.717, 1.165) is 22.3 Å². The Morgan fingerprint density at radius 2 is 2.00 bits per heavy atom. The third-order valence-electron chi connectivity index (χ3n) is 4.99. The molecular formula is C22H15FN4O. The topological polar surface area (TPSA) is 60.1 Å². The van der Waals surface area contributed by atoms with Crippen LogP contribution in [0.4, 0.5) is 4.39 Å². The van der Waals surface area contributed by atoms with Crippen LogP contribution in [-0.2, 0) is 13.1 Å². The summed E-state index contributed by atoms with van der Waals surface area (Å²) in [5.41, 5.74) is 5.11. The predicted molar refractivity (Wildman–Crippen MR) is 106 cm³/mol. The molecule has 0 fully saturated rings. The summed E-state index contributed by atoms with van der Waals surface area (Å²) in [6, 6.07) is 14.6. The Morgan fingerprint density at radius 1 is 1.07 bits per heavy atom. The molecule has 0 N–H and O–H groups in total. The minimum atomic E-state index is -0.356. The van der Waals surface area contributed by atoms with Gasteiger partial charge in [0.05, 0.1) is 24.8 Å². The molecule has 0 atom stereocenters. The van der Waals surface area contributed by atoms with Crippen molar-refractivity contribution in [2.45, 2.75) is 13.1 Å². The summed E-state index contributed by atoms with van der Waals surface area (Å²) >= 11 is 0. The van der Waals surface area contributed by atoms with E-state index >= 15 is 0 Å². The summed E-state index contributed by atoms with van der Waals surface area (Å²) in [5.74, 6) is -0.356. The van der Waals surface area contributed by atoms with Gasteiger partial charge in [0.15, 0.2) is 5.65 Å². The fourth-order valence-corrected chi connectivity index (χ4v) is 3.57.